The molecule has 3 rings (SSSR count). The Morgan fingerprint density at radius 2 is 2.15 bits per heavy atom. The van der Waals surface area contributed by atoms with Gasteiger partial charge in [0.25, 0.3) is 0 Å². The lowest BCUT2D eigenvalue weighted by atomic mass is 10.2. The van der Waals surface area contributed by atoms with E-state index < -0.39 is 5.97 Å². The van der Waals surface area contributed by atoms with Crippen LogP contribution in [0.5, 0.6) is 0 Å². The van der Waals surface area contributed by atoms with Gasteiger partial charge in [-0.25, -0.2) is 9.78 Å². The Morgan fingerprint density at radius 1 is 1.30 bits per heavy atom. The molecule has 0 amide bonds. The number of hydrogen-bond acceptors (Lipinski definition) is 4. The number of halogens is 1. The maximum absolute atomic E-state index is 11.7. The topological polar surface area (TPSA) is 67.9 Å². The second-order valence-electron chi connectivity index (χ2n) is 4.11. The minimum absolute atomic E-state index is 0.409. The summed E-state index contributed by atoms with van der Waals surface area (Å²) in [6.45, 7) is 0. The highest BCUT2D eigenvalue weighted by Gasteiger charge is 2.16. The Balaban J connectivity index is 2.21. The first-order chi connectivity index (χ1) is 9.70. The quantitative estimate of drug-likeness (QED) is 0.732. The lowest BCUT2D eigenvalue weighted by Crippen LogP contribution is -2.01. The third-order valence-electron chi connectivity index (χ3n) is 2.90. The predicted molar refractivity (Wildman–Crippen MR) is 78.4 cm³/mol. The van der Waals surface area contributed by atoms with Crippen LogP contribution in [0.2, 0.25) is 0 Å². The van der Waals surface area contributed by atoms with E-state index in [0.29, 0.717) is 22.6 Å². The lowest BCUT2D eigenvalue weighted by Gasteiger charge is -1.98. The SMILES string of the molecule is COC(=O)c1cccc2[nH]c(-c3ncccc3Br)nc12. The fraction of sp³-hybridized carbons (Fsp3) is 0.0714. The molecule has 2 heterocycles. The number of aromatic amines is 1. The number of benzene rings is 1. The van der Waals surface area contributed by atoms with Crippen LogP contribution >= 0.6 is 15.9 Å². The number of nitrogens with one attached hydrogen (secondary N) is 1. The number of nitrogens with zero attached hydrogens (tertiary/aromatic N) is 2. The van der Waals surface area contributed by atoms with E-state index in [-0.39, 0.29) is 0 Å². The summed E-state index contributed by atoms with van der Waals surface area (Å²) in [5, 5.41) is 0. The van der Waals surface area contributed by atoms with E-state index in [1.165, 1.54) is 7.11 Å². The number of aromatic nitrogens is 3. The number of imidazole rings is 1. The van der Waals surface area contributed by atoms with Gasteiger partial charge >= 0.3 is 5.97 Å². The van der Waals surface area contributed by atoms with Gasteiger partial charge < -0.3 is 9.72 Å². The molecule has 0 spiro atoms. The molecule has 1 aromatic carbocycles. The number of ether oxygens (including phenoxy) is 1. The van der Waals surface area contributed by atoms with Crippen LogP contribution in [-0.4, -0.2) is 28.0 Å². The van der Waals surface area contributed by atoms with Gasteiger partial charge in [-0.2, -0.15) is 0 Å². The summed E-state index contributed by atoms with van der Waals surface area (Å²) in [4.78, 5) is 23.6. The molecule has 0 saturated carbocycles. The van der Waals surface area contributed by atoms with Gasteiger partial charge in [0.2, 0.25) is 0 Å². The number of hydrogen-bond donors (Lipinski definition) is 1. The van der Waals surface area contributed by atoms with Crippen molar-refractivity contribution in [3.05, 3.63) is 46.6 Å². The average molecular weight is 332 g/mol. The Kier molecular flexibility index (Phi) is 3.23. The summed E-state index contributed by atoms with van der Waals surface area (Å²) in [6, 6.07) is 9.04. The number of H-pyrrole nitrogens is 1. The zero-order valence-corrected chi connectivity index (χ0v) is 12.1. The van der Waals surface area contributed by atoms with E-state index in [1.807, 2.05) is 18.2 Å². The third kappa shape index (κ3) is 2.08. The summed E-state index contributed by atoms with van der Waals surface area (Å²) in [5.41, 5.74) is 2.46. The van der Waals surface area contributed by atoms with Crippen molar-refractivity contribution in [1.82, 2.24) is 15.0 Å². The van der Waals surface area contributed by atoms with Crippen molar-refractivity contribution in [1.29, 1.82) is 0 Å². The number of para-hydroxylation sites is 1. The molecule has 0 bridgehead atoms. The number of carbonyl (C=O) groups is 1. The van der Waals surface area contributed by atoms with E-state index in [2.05, 4.69) is 30.9 Å². The lowest BCUT2D eigenvalue weighted by molar-refractivity contribution is 0.0603. The summed E-state index contributed by atoms with van der Waals surface area (Å²) in [5.74, 6) is 0.192. The van der Waals surface area contributed by atoms with Gasteiger partial charge in [-0.1, -0.05) is 6.07 Å². The molecular weight excluding hydrogens is 322 g/mol. The first-order valence-electron chi connectivity index (χ1n) is 5.88. The largest absolute Gasteiger partial charge is 0.465 e. The molecule has 0 atom stereocenters. The van der Waals surface area contributed by atoms with Gasteiger partial charge in [-0.05, 0) is 40.2 Å². The van der Waals surface area contributed by atoms with E-state index in [0.717, 1.165) is 9.99 Å². The molecule has 0 fully saturated rings. The number of carbonyl (C=O) groups excluding carboxylic acids is 1. The van der Waals surface area contributed by atoms with Gasteiger partial charge in [0.1, 0.15) is 11.2 Å². The van der Waals surface area contributed by atoms with Crippen LogP contribution in [0.4, 0.5) is 0 Å². The van der Waals surface area contributed by atoms with Gasteiger partial charge in [0.15, 0.2) is 5.82 Å². The molecule has 0 aliphatic carbocycles. The van der Waals surface area contributed by atoms with Crippen LogP contribution in [0.25, 0.3) is 22.6 Å². The molecule has 20 heavy (non-hydrogen) atoms. The number of fused-ring (bicyclic) bond motifs is 1. The van der Waals surface area contributed by atoms with Crippen molar-refractivity contribution >= 4 is 32.9 Å². The van der Waals surface area contributed by atoms with Crippen LogP contribution in [0.15, 0.2) is 41.0 Å². The molecule has 0 saturated heterocycles. The summed E-state index contributed by atoms with van der Waals surface area (Å²) in [6.07, 6.45) is 1.69. The monoisotopic (exact) mass is 331 g/mol. The molecule has 0 aliphatic heterocycles. The van der Waals surface area contributed by atoms with Crippen molar-refractivity contribution in [2.75, 3.05) is 7.11 Å². The predicted octanol–water partition coefficient (Wildman–Crippen LogP) is 3.17. The zero-order chi connectivity index (χ0) is 14.1. The molecule has 0 unspecified atom stereocenters. The maximum Gasteiger partial charge on any atom is 0.340 e. The highest BCUT2D eigenvalue weighted by atomic mass is 79.9. The van der Waals surface area contributed by atoms with Gasteiger partial charge in [-0.15, -0.1) is 0 Å². The number of rotatable bonds is 2. The Hall–Kier alpha value is -2.21. The van der Waals surface area contributed by atoms with Crippen LogP contribution in [0.3, 0.4) is 0 Å². The average Bonchev–Trinajstić information content (AvgIpc) is 2.90. The van der Waals surface area contributed by atoms with Crippen LogP contribution < -0.4 is 0 Å². The van der Waals surface area contributed by atoms with Crippen molar-refractivity contribution in [3.8, 4) is 11.5 Å². The molecular formula is C14H10BrN3O2. The Labute approximate surface area is 123 Å². The highest BCUT2D eigenvalue weighted by molar-refractivity contribution is 9.10. The molecule has 2 aromatic heterocycles. The summed E-state index contributed by atoms with van der Waals surface area (Å²) >= 11 is 3.44. The van der Waals surface area contributed by atoms with Gasteiger partial charge in [0, 0.05) is 10.7 Å². The van der Waals surface area contributed by atoms with Gasteiger partial charge in [-0.3, -0.25) is 4.98 Å². The minimum atomic E-state index is -0.409. The maximum atomic E-state index is 11.7. The highest BCUT2D eigenvalue weighted by Crippen LogP contribution is 2.26. The second-order valence-corrected chi connectivity index (χ2v) is 4.97. The molecule has 0 aliphatic rings. The second kappa shape index (κ2) is 5.05. The normalized spacial score (nSPS) is 10.7. The fourth-order valence-electron chi connectivity index (χ4n) is 1.98. The molecule has 6 heteroatoms. The smallest absolute Gasteiger partial charge is 0.340 e. The third-order valence-corrected chi connectivity index (χ3v) is 3.54. The number of methoxy groups -OCH3 is 1. The Bertz CT molecular complexity index is 798. The summed E-state index contributed by atoms with van der Waals surface area (Å²) < 4.78 is 5.60. The van der Waals surface area contributed by atoms with Gasteiger partial charge in [0.05, 0.1) is 18.2 Å². The molecule has 0 radical (unpaired) electrons. The first-order valence-corrected chi connectivity index (χ1v) is 6.68. The van der Waals surface area contributed by atoms with E-state index in [4.69, 9.17) is 4.74 Å². The van der Waals surface area contributed by atoms with E-state index in [9.17, 15) is 4.79 Å². The molecule has 3 aromatic rings. The van der Waals surface area contributed by atoms with Crippen LogP contribution in [-0.2, 0) is 4.74 Å². The van der Waals surface area contributed by atoms with Crippen LogP contribution in [0.1, 0.15) is 10.4 Å². The number of pyridine rings is 1. The molecule has 5 nitrogen and oxygen atoms in total. The van der Waals surface area contributed by atoms with Crippen LogP contribution in [0, 0.1) is 0 Å². The van der Waals surface area contributed by atoms with Crippen molar-refractivity contribution in [3.63, 3.8) is 0 Å². The fourth-order valence-corrected chi connectivity index (χ4v) is 2.42. The molecule has 100 valence electrons. The van der Waals surface area contributed by atoms with Crippen molar-refractivity contribution in [2.24, 2.45) is 0 Å². The summed E-state index contributed by atoms with van der Waals surface area (Å²) in [7, 11) is 1.35. The first kappa shape index (κ1) is 12.8. The van der Waals surface area contributed by atoms with E-state index >= 15 is 0 Å². The minimum Gasteiger partial charge on any atom is -0.465 e. The standard InChI is InChI=1S/C14H10BrN3O2/c1-20-14(19)8-4-2-6-10-11(8)18-13(17-10)12-9(15)5-3-7-16-12/h2-7H,1H3,(H,17,18). The Morgan fingerprint density at radius 3 is 2.90 bits per heavy atom. The van der Waals surface area contributed by atoms with Crippen molar-refractivity contribution in [2.45, 2.75) is 0 Å². The molecule has 1 N–H and O–H groups in total. The van der Waals surface area contributed by atoms with E-state index in [1.54, 1.807) is 18.3 Å². The number of esters is 1. The zero-order valence-electron chi connectivity index (χ0n) is 10.6. The van der Waals surface area contributed by atoms with Crippen molar-refractivity contribution < 1.29 is 9.53 Å².